The van der Waals surface area contributed by atoms with E-state index >= 15 is 0 Å². The van der Waals surface area contributed by atoms with Gasteiger partial charge in [0.2, 0.25) is 11.2 Å². The summed E-state index contributed by atoms with van der Waals surface area (Å²) < 4.78 is 51.1. The molecule has 1 atom stereocenters. The van der Waals surface area contributed by atoms with E-state index in [1.165, 1.54) is 43.3 Å². The molecule has 9 heteroatoms. The fourth-order valence-electron chi connectivity index (χ4n) is 2.94. The van der Waals surface area contributed by atoms with Crippen LogP contribution in [0.15, 0.2) is 51.7 Å². The summed E-state index contributed by atoms with van der Waals surface area (Å²) in [7, 11) is 0. The van der Waals surface area contributed by atoms with Crippen molar-refractivity contribution >= 4 is 16.9 Å². The molecule has 0 spiro atoms. The Balaban J connectivity index is 2.31. The van der Waals surface area contributed by atoms with Gasteiger partial charge in [0.1, 0.15) is 11.3 Å². The number of rotatable bonds is 5. The lowest BCUT2D eigenvalue weighted by atomic mass is 9.94. The first kappa shape index (κ1) is 20.4. The molecule has 0 fully saturated rings. The predicted molar refractivity (Wildman–Crippen MR) is 96.7 cm³/mol. The summed E-state index contributed by atoms with van der Waals surface area (Å²) in [5.74, 6) is -2.85. The van der Waals surface area contributed by atoms with E-state index in [4.69, 9.17) is 14.3 Å². The summed E-state index contributed by atoms with van der Waals surface area (Å²) in [5, 5.41) is 18.4. The number of carboxylic acids is 1. The van der Waals surface area contributed by atoms with Crippen LogP contribution in [-0.2, 0) is 11.0 Å². The van der Waals surface area contributed by atoms with Crippen LogP contribution in [-0.4, -0.2) is 22.8 Å². The van der Waals surface area contributed by atoms with Crippen molar-refractivity contribution < 1.29 is 37.3 Å². The molecule has 0 aliphatic heterocycles. The standard InChI is InChI=1S/C20H15F3O6/c1-10(24)12-4-2-3-5-13(12)17-18(27)14-7-6-11(28-9-16(25)26)8-15(14)29-19(17)20(21,22)23/h2-8,10,24H,9H2,1H3,(H,25,26). The molecule has 0 saturated heterocycles. The molecule has 0 aliphatic carbocycles. The molecule has 6 nitrogen and oxygen atoms in total. The van der Waals surface area contributed by atoms with E-state index in [1.54, 1.807) is 0 Å². The summed E-state index contributed by atoms with van der Waals surface area (Å²) in [6.45, 7) is 0.669. The van der Waals surface area contributed by atoms with E-state index in [-0.39, 0.29) is 22.3 Å². The first-order valence-electron chi connectivity index (χ1n) is 8.39. The predicted octanol–water partition coefficient (Wildman–Crippen LogP) is 4.00. The third kappa shape index (κ3) is 4.09. The number of carbonyl (C=O) groups is 1. The molecule has 2 N–H and O–H groups in total. The van der Waals surface area contributed by atoms with E-state index in [0.29, 0.717) is 0 Å². The van der Waals surface area contributed by atoms with E-state index < -0.39 is 47.2 Å². The van der Waals surface area contributed by atoms with Crippen molar-refractivity contribution in [1.82, 2.24) is 0 Å². The van der Waals surface area contributed by atoms with Crippen LogP contribution in [0, 0.1) is 0 Å². The van der Waals surface area contributed by atoms with Gasteiger partial charge in [0.05, 0.1) is 17.1 Å². The molecule has 3 aromatic rings. The van der Waals surface area contributed by atoms with Gasteiger partial charge in [0.15, 0.2) is 6.61 Å². The Morgan fingerprint density at radius 2 is 1.90 bits per heavy atom. The minimum atomic E-state index is -4.99. The average Bonchev–Trinajstić information content (AvgIpc) is 2.65. The Morgan fingerprint density at radius 1 is 1.21 bits per heavy atom. The van der Waals surface area contributed by atoms with Crippen LogP contribution >= 0.6 is 0 Å². The van der Waals surface area contributed by atoms with Crippen molar-refractivity contribution in [2.24, 2.45) is 0 Å². The maximum atomic E-state index is 13.7. The molecule has 0 aliphatic rings. The smallest absolute Gasteiger partial charge is 0.450 e. The molecule has 1 aromatic heterocycles. The molecule has 0 radical (unpaired) electrons. The van der Waals surface area contributed by atoms with Crippen LogP contribution in [0.2, 0.25) is 0 Å². The van der Waals surface area contributed by atoms with Crippen molar-refractivity contribution in [3.63, 3.8) is 0 Å². The van der Waals surface area contributed by atoms with Gasteiger partial charge in [0.25, 0.3) is 0 Å². The van der Waals surface area contributed by atoms with Gasteiger partial charge in [0, 0.05) is 6.07 Å². The summed E-state index contributed by atoms with van der Waals surface area (Å²) >= 11 is 0. The molecule has 2 aromatic carbocycles. The Labute approximate surface area is 161 Å². The number of hydrogen-bond donors (Lipinski definition) is 2. The Morgan fingerprint density at radius 3 is 2.52 bits per heavy atom. The lowest BCUT2D eigenvalue weighted by Gasteiger charge is -2.16. The lowest BCUT2D eigenvalue weighted by molar-refractivity contribution is -0.152. The number of benzene rings is 2. The average molecular weight is 408 g/mol. The highest BCUT2D eigenvalue weighted by Gasteiger charge is 2.40. The first-order chi connectivity index (χ1) is 13.6. The molecule has 29 heavy (non-hydrogen) atoms. The van der Waals surface area contributed by atoms with Crippen LogP contribution in [0.3, 0.4) is 0 Å². The minimum absolute atomic E-state index is 0.0618. The van der Waals surface area contributed by atoms with E-state index in [0.717, 1.165) is 6.07 Å². The molecule has 0 saturated carbocycles. The van der Waals surface area contributed by atoms with Gasteiger partial charge in [-0.2, -0.15) is 13.2 Å². The molecular weight excluding hydrogens is 393 g/mol. The Hall–Kier alpha value is -3.33. The van der Waals surface area contributed by atoms with Crippen LogP contribution in [0.4, 0.5) is 13.2 Å². The number of halogens is 3. The van der Waals surface area contributed by atoms with Gasteiger partial charge in [-0.15, -0.1) is 0 Å². The van der Waals surface area contributed by atoms with Crippen LogP contribution < -0.4 is 10.2 Å². The second-order valence-electron chi connectivity index (χ2n) is 6.24. The molecule has 1 heterocycles. The number of aliphatic carboxylic acids is 1. The number of alkyl halides is 3. The third-order valence-corrected chi connectivity index (χ3v) is 4.16. The lowest BCUT2D eigenvalue weighted by Crippen LogP contribution is -2.17. The van der Waals surface area contributed by atoms with E-state index in [1.807, 2.05) is 0 Å². The normalized spacial score (nSPS) is 12.7. The van der Waals surface area contributed by atoms with Gasteiger partial charge in [-0.25, -0.2) is 4.79 Å². The van der Waals surface area contributed by atoms with E-state index in [2.05, 4.69) is 0 Å². The van der Waals surface area contributed by atoms with E-state index in [9.17, 15) is 27.9 Å². The van der Waals surface area contributed by atoms with Gasteiger partial charge >= 0.3 is 12.1 Å². The van der Waals surface area contributed by atoms with Crippen molar-refractivity contribution in [3.8, 4) is 16.9 Å². The Bertz CT molecular complexity index is 1130. The largest absolute Gasteiger partial charge is 0.482 e. The topological polar surface area (TPSA) is 97.0 Å². The second-order valence-corrected chi connectivity index (χ2v) is 6.24. The van der Waals surface area contributed by atoms with Gasteiger partial charge < -0.3 is 19.4 Å². The minimum Gasteiger partial charge on any atom is -0.482 e. The van der Waals surface area contributed by atoms with Gasteiger partial charge in [-0.3, -0.25) is 4.79 Å². The molecular formula is C20H15F3O6. The monoisotopic (exact) mass is 408 g/mol. The molecule has 0 bridgehead atoms. The van der Waals surface area contributed by atoms with Crippen molar-refractivity contribution in [2.45, 2.75) is 19.2 Å². The number of hydrogen-bond acceptors (Lipinski definition) is 5. The first-order valence-corrected chi connectivity index (χ1v) is 8.39. The van der Waals surface area contributed by atoms with Gasteiger partial charge in [-0.1, -0.05) is 24.3 Å². The Kier molecular flexibility index (Phi) is 5.34. The third-order valence-electron chi connectivity index (χ3n) is 4.16. The van der Waals surface area contributed by atoms with Gasteiger partial charge in [-0.05, 0) is 30.2 Å². The molecule has 3 rings (SSSR count). The number of aliphatic hydroxyl groups excluding tert-OH is 1. The van der Waals surface area contributed by atoms with Crippen LogP contribution in [0.25, 0.3) is 22.1 Å². The zero-order valence-corrected chi connectivity index (χ0v) is 15.0. The number of ether oxygens (including phenoxy) is 1. The zero-order valence-electron chi connectivity index (χ0n) is 15.0. The number of aliphatic hydroxyl groups is 1. The zero-order chi connectivity index (χ0) is 21.3. The van der Waals surface area contributed by atoms with Crippen molar-refractivity contribution in [1.29, 1.82) is 0 Å². The highest BCUT2D eigenvalue weighted by Crippen LogP contribution is 2.39. The summed E-state index contributed by atoms with van der Waals surface area (Å²) in [4.78, 5) is 23.6. The molecule has 1 unspecified atom stereocenters. The highest BCUT2D eigenvalue weighted by molar-refractivity contribution is 5.85. The maximum Gasteiger partial charge on any atom is 0.450 e. The summed E-state index contributed by atoms with van der Waals surface area (Å²) in [6, 6.07) is 9.21. The van der Waals surface area contributed by atoms with Crippen LogP contribution in [0.1, 0.15) is 24.4 Å². The van der Waals surface area contributed by atoms with Crippen molar-refractivity contribution in [2.75, 3.05) is 6.61 Å². The number of carboxylic acid groups (broad SMARTS) is 1. The quantitative estimate of drug-likeness (QED) is 0.663. The molecule has 152 valence electrons. The number of fused-ring (bicyclic) bond motifs is 1. The second kappa shape index (κ2) is 7.59. The highest BCUT2D eigenvalue weighted by atomic mass is 19.4. The summed E-state index contributed by atoms with van der Waals surface area (Å²) in [6.07, 6.45) is -6.11. The SMILES string of the molecule is CC(O)c1ccccc1-c1c(C(F)(F)F)oc2cc(OCC(=O)O)ccc2c1=O. The molecule has 0 amide bonds. The maximum absolute atomic E-state index is 13.7. The summed E-state index contributed by atoms with van der Waals surface area (Å²) in [5.41, 5.74) is -1.98. The van der Waals surface area contributed by atoms with Crippen molar-refractivity contribution in [3.05, 3.63) is 64.0 Å². The van der Waals surface area contributed by atoms with Crippen LogP contribution in [0.5, 0.6) is 5.75 Å². The fourth-order valence-corrected chi connectivity index (χ4v) is 2.94. The fraction of sp³-hybridized carbons (Fsp3) is 0.200.